The van der Waals surface area contributed by atoms with E-state index in [2.05, 4.69) is 45.0 Å². The first-order chi connectivity index (χ1) is 7.13. The van der Waals surface area contributed by atoms with Gasteiger partial charge < -0.3 is 5.73 Å². The zero-order valence-electron chi connectivity index (χ0n) is 10.2. The molecule has 1 unspecified atom stereocenters. The predicted octanol–water partition coefficient (Wildman–Crippen LogP) is 3.34. The van der Waals surface area contributed by atoms with Crippen LogP contribution in [0.1, 0.15) is 44.2 Å². The lowest BCUT2D eigenvalue weighted by Gasteiger charge is -2.11. The first kappa shape index (κ1) is 12.3. The maximum Gasteiger partial charge on any atom is -0.00715 e. The number of benzene rings is 1. The average molecular weight is 205 g/mol. The Hall–Kier alpha value is -0.820. The third-order valence-electron chi connectivity index (χ3n) is 2.79. The van der Waals surface area contributed by atoms with Crippen LogP contribution in [0.25, 0.3) is 0 Å². The van der Waals surface area contributed by atoms with E-state index in [9.17, 15) is 0 Å². The third kappa shape index (κ3) is 4.05. The summed E-state index contributed by atoms with van der Waals surface area (Å²) >= 11 is 0. The molecule has 1 aromatic carbocycles. The zero-order chi connectivity index (χ0) is 11.3. The Balaban J connectivity index is 2.63. The Labute approximate surface area is 93.7 Å². The molecular formula is C14H23N. The smallest absolute Gasteiger partial charge is 0.00715 e. The topological polar surface area (TPSA) is 26.0 Å². The molecule has 0 aliphatic heterocycles. The van der Waals surface area contributed by atoms with Crippen molar-refractivity contribution in [1.82, 2.24) is 0 Å². The normalized spacial score (nSPS) is 13.1. The first-order valence-corrected chi connectivity index (χ1v) is 5.92. The van der Waals surface area contributed by atoms with Crippen molar-refractivity contribution in [3.05, 3.63) is 35.4 Å². The van der Waals surface area contributed by atoms with Crippen molar-refractivity contribution >= 4 is 0 Å². The molecule has 0 aliphatic carbocycles. The third-order valence-corrected chi connectivity index (χ3v) is 2.79. The van der Waals surface area contributed by atoms with Gasteiger partial charge in [-0.2, -0.15) is 0 Å². The standard InChI is InChI=1S/C14H23N/c1-11(2)10-13-4-6-14(7-5-13)12(3)8-9-15/h4-7,11-12H,8-10,15H2,1-3H3. The van der Waals surface area contributed by atoms with Crippen LogP contribution in [0.3, 0.4) is 0 Å². The molecule has 0 spiro atoms. The van der Waals surface area contributed by atoms with Crippen molar-refractivity contribution in [2.45, 2.75) is 39.5 Å². The molecule has 1 nitrogen and oxygen atoms in total. The van der Waals surface area contributed by atoms with Crippen molar-refractivity contribution in [3.63, 3.8) is 0 Å². The van der Waals surface area contributed by atoms with Gasteiger partial charge in [0.2, 0.25) is 0 Å². The fourth-order valence-corrected chi connectivity index (χ4v) is 1.87. The first-order valence-electron chi connectivity index (χ1n) is 5.92. The second-order valence-corrected chi connectivity index (χ2v) is 4.82. The molecule has 0 fully saturated rings. The van der Waals surface area contributed by atoms with E-state index in [4.69, 9.17) is 5.73 Å². The quantitative estimate of drug-likeness (QED) is 0.784. The van der Waals surface area contributed by atoms with E-state index in [1.54, 1.807) is 0 Å². The van der Waals surface area contributed by atoms with Gasteiger partial charge in [-0.05, 0) is 42.3 Å². The lowest BCUT2D eigenvalue weighted by atomic mass is 9.95. The molecule has 1 rings (SSSR count). The molecule has 1 atom stereocenters. The van der Waals surface area contributed by atoms with Crippen LogP contribution < -0.4 is 5.73 Å². The van der Waals surface area contributed by atoms with Crippen LogP contribution in [0.5, 0.6) is 0 Å². The number of hydrogen-bond donors (Lipinski definition) is 1. The number of nitrogens with two attached hydrogens (primary N) is 1. The summed E-state index contributed by atoms with van der Waals surface area (Å²) in [5.41, 5.74) is 8.41. The van der Waals surface area contributed by atoms with Crippen LogP contribution >= 0.6 is 0 Å². The van der Waals surface area contributed by atoms with Crippen LogP contribution in [-0.2, 0) is 6.42 Å². The van der Waals surface area contributed by atoms with E-state index in [0.717, 1.165) is 18.9 Å². The maximum atomic E-state index is 5.56. The van der Waals surface area contributed by atoms with Gasteiger partial charge in [0, 0.05) is 0 Å². The van der Waals surface area contributed by atoms with E-state index in [0.29, 0.717) is 5.92 Å². The Bertz CT molecular complexity index is 274. The molecule has 0 radical (unpaired) electrons. The molecule has 0 aliphatic rings. The fourth-order valence-electron chi connectivity index (χ4n) is 1.87. The van der Waals surface area contributed by atoms with Gasteiger partial charge >= 0.3 is 0 Å². The van der Waals surface area contributed by atoms with E-state index < -0.39 is 0 Å². The minimum absolute atomic E-state index is 0.586. The van der Waals surface area contributed by atoms with Crippen LogP contribution in [0, 0.1) is 5.92 Å². The summed E-state index contributed by atoms with van der Waals surface area (Å²) in [6.45, 7) is 7.52. The molecule has 0 saturated carbocycles. The highest BCUT2D eigenvalue weighted by molar-refractivity contribution is 5.25. The van der Waals surface area contributed by atoms with Crippen molar-refractivity contribution in [2.75, 3.05) is 6.54 Å². The molecule has 0 bridgehead atoms. The Morgan fingerprint density at radius 2 is 1.67 bits per heavy atom. The van der Waals surface area contributed by atoms with Crippen molar-refractivity contribution < 1.29 is 0 Å². The van der Waals surface area contributed by atoms with Crippen molar-refractivity contribution in [1.29, 1.82) is 0 Å². The highest BCUT2D eigenvalue weighted by Crippen LogP contribution is 2.19. The predicted molar refractivity (Wildman–Crippen MR) is 67.1 cm³/mol. The molecule has 84 valence electrons. The summed E-state index contributed by atoms with van der Waals surface area (Å²) in [5, 5.41) is 0. The monoisotopic (exact) mass is 205 g/mol. The van der Waals surface area contributed by atoms with Crippen molar-refractivity contribution in [3.8, 4) is 0 Å². The molecule has 1 heteroatoms. The fraction of sp³-hybridized carbons (Fsp3) is 0.571. The molecule has 0 heterocycles. The minimum Gasteiger partial charge on any atom is -0.330 e. The van der Waals surface area contributed by atoms with Gasteiger partial charge in [-0.1, -0.05) is 45.0 Å². The van der Waals surface area contributed by atoms with Gasteiger partial charge in [0.15, 0.2) is 0 Å². The van der Waals surface area contributed by atoms with E-state index >= 15 is 0 Å². The van der Waals surface area contributed by atoms with E-state index in [1.165, 1.54) is 17.5 Å². The molecule has 1 aromatic rings. The SMILES string of the molecule is CC(C)Cc1ccc(C(C)CCN)cc1. The minimum atomic E-state index is 0.586. The van der Waals surface area contributed by atoms with Gasteiger partial charge in [-0.15, -0.1) is 0 Å². The summed E-state index contributed by atoms with van der Waals surface area (Å²) in [5.74, 6) is 1.32. The van der Waals surface area contributed by atoms with Crippen LogP contribution in [0.2, 0.25) is 0 Å². The van der Waals surface area contributed by atoms with Crippen LogP contribution in [0.4, 0.5) is 0 Å². The van der Waals surface area contributed by atoms with E-state index in [1.807, 2.05) is 0 Å². The second-order valence-electron chi connectivity index (χ2n) is 4.82. The highest BCUT2D eigenvalue weighted by atomic mass is 14.5. The number of hydrogen-bond acceptors (Lipinski definition) is 1. The van der Waals surface area contributed by atoms with Crippen molar-refractivity contribution in [2.24, 2.45) is 11.7 Å². The number of rotatable bonds is 5. The second kappa shape index (κ2) is 5.92. The Morgan fingerprint density at radius 1 is 1.07 bits per heavy atom. The Kier molecular flexibility index (Phi) is 4.83. The summed E-state index contributed by atoms with van der Waals surface area (Å²) in [4.78, 5) is 0. The van der Waals surface area contributed by atoms with Gasteiger partial charge in [0.05, 0.1) is 0 Å². The largest absolute Gasteiger partial charge is 0.330 e. The molecule has 0 saturated heterocycles. The van der Waals surface area contributed by atoms with Crippen LogP contribution in [0.15, 0.2) is 24.3 Å². The van der Waals surface area contributed by atoms with Gasteiger partial charge in [-0.3, -0.25) is 0 Å². The molecular weight excluding hydrogens is 182 g/mol. The van der Waals surface area contributed by atoms with Gasteiger partial charge in [-0.25, -0.2) is 0 Å². The van der Waals surface area contributed by atoms with Crippen LogP contribution in [-0.4, -0.2) is 6.54 Å². The molecule has 0 amide bonds. The highest BCUT2D eigenvalue weighted by Gasteiger charge is 2.04. The van der Waals surface area contributed by atoms with Gasteiger partial charge in [0.25, 0.3) is 0 Å². The molecule has 15 heavy (non-hydrogen) atoms. The van der Waals surface area contributed by atoms with Gasteiger partial charge in [0.1, 0.15) is 0 Å². The molecule has 0 aromatic heterocycles. The average Bonchev–Trinajstić information content (AvgIpc) is 2.18. The molecule has 2 N–H and O–H groups in total. The lowest BCUT2D eigenvalue weighted by Crippen LogP contribution is -2.04. The summed E-state index contributed by atoms with van der Waals surface area (Å²) in [7, 11) is 0. The van der Waals surface area contributed by atoms with E-state index in [-0.39, 0.29) is 0 Å². The lowest BCUT2D eigenvalue weighted by molar-refractivity contribution is 0.646. The summed E-state index contributed by atoms with van der Waals surface area (Å²) < 4.78 is 0. The summed E-state index contributed by atoms with van der Waals surface area (Å²) in [6, 6.07) is 9.00. The zero-order valence-corrected chi connectivity index (χ0v) is 10.2. The Morgan fingerprint density at radius 3 is 2.13 bits per heavy atom. The maximum absolute atomic E-state index is 5.56. The summed E-state index contributed by atoms with van der Waals surface area (Å²) in [6.07, 6.45) is 2.25.